The molecule has 8 heteroatoms. The van der Waals surface area contributed by atoms with Gasteiger partial charge in [0.2, 0.25) is 0 Å². The van der Waals surface area contributed by atoms with Gasteiger partial charge in [-0.1, -0.05) is 5.16 Å². The number of hydrogen-bond acceptors (Lipinski definition) is 7. The zero-order valence-corrected chi connectivity index (χ0v) is 13.6. The second kappa shape index (κ2) is 7.63. The van der Waals surface area contributed by atoms with Crippen molar-refractivity contribution in [2.75, 3.05) is 11.9 Å². The highest BCUT2D eigenvalue weighted by Crippen LogP contribution is 2.17. The molecule has 0 saturated carbocycles. The molecular formula is C17H18N4O4. The lowest BCUT2D eigenvalue weighted by molar-refractivity contribution is 0.0922. The molecule has 3 N–H and O–H groups in total. The summed E-state index contributed by atoms with van der Waals surface area (Å²) < 4.78 is 10.1. The van der Waals surface area contributed by atoms with Crippen molar-refractivity contribution in [3.63, 3.8) is 0 Å². The molecule has 0 aliphatic rings. The predicted octanol–water partition coefficient (Wildman–Crippen LogP) is 2.05. The number of nitrogens with one attached hydrogen (secondary N) is 2. The molecule has 0 fully saturated rings. The third kappa shape index (κ3) is 4.24. The Morgan fingerprint density at radius 1 is 1.28 bits per heavy atom. The summed E-state index contributed by atoms with van der Waals surface area (Å²) in [5.41, 5.74) is 2.07. The fourth-order valence-corrected chi connectivity index (χ4v) is 2.10. The molecule has 3 aromatic rings. The number of amides is 1. The van der Waals surface area contributed by atoms with Crippen LogP contribution in [0.5, 0.6) is 0 Å². The summed E-state index contributed by atoms with van der Waals surface area (Å²) in [7, 11) is 0. The van der Waals surface area contributed by atoms with E-state index in [2.05, 4.69) is 20.8 Å². The van der Waals surface area contributed by atoms with Crippen LogP contribution in [0.1, 0.15) is 23.1 Å². The Labute approximate surface area is 143 Å². The first-order valence-corrected chi connectivity index (χ1v) is 7.76. The van der Waals surface area contributed by atoms with Gasteiger partial charge in [0.05, 0.1) is 25.0 Å². The normalized spacial score (nSPS) is 11.9. The fourth-order valence-electron chi connectivity index (χ4n) is 2.10. The molecule has 0 radical (unpaired) electrons. The standard InChI is InChI=1S/C17H18N4O4/c1-11(9-22)19-16(23)12-2-4-14(5-3-12)18-8-15-20-17(25-21-15)13-6-7-24-10-13/h2-7,10-11,18,22H,8-9H2,1H3,(H,19,23). The summed E-state index contributed by atoms with van der Waals surface area (Å²) in [5.74, 6) is 0.682. The number of carbonyl (C=O) groups is 1. The Hall–Kier alpha value is -3.13. The summed E-state index contributed by atoms with van der Waals surface area (Å²) in [6.45, 7) is 2.02. The summed E-state index contributed by atoms with van der Waals surface area (Å²) >= 11 is 0. The van der Waals surface area contributed by atoms with Crippen molar-refractivity contribution in [3.05, 3.63) is 54.2 Å². The zero-order chi connectivity index (χ0) is 17.6. The van der Waals surface area contributed by atoms with Crippen LogP contribution in [0.4, 0.5) is 5.69 Å². The molecule has 1 aromatic carbocycles. The monoisotopic (exact) mass is 342 g/mol. The lowest BCUT2D eigenvalue weighted by Gasteiger charge is -2.11. The molecule has 8 nitrogen and oxygen atoms in total. The summed E-state index contributed by atoms with van der Waals surface area (Å²) in [4.78, 5) is 16.2. The van der Waals surface area contributed by atoms with Crippen molar-refractivity contribution >= 4 is 11.6 Å². The van der Waals surface area contributed by atoms with Crippen LogP contribution in [0.2, 0.25) is 0 Å². The molecular weight excluding hydrogens is 324 g/mol. The van der Waals surface area contributed by atoms with Crippen molar-refractivity contribution in [2.45, 2.75) is 19.5 Å². The van der Waals surface area contributed by atoms with Crippen LogP contribution in [-0.4, -0.2) is 33.8 Å². The molecule has 0 aliphatic carbocycles. The van der Waals surface area contributed by atoms with Crippen molar-refractivity contribution in [2.24, 2.45) is 0 Å². The van der Waals surface area contributed by atoms with Crippen molar-refractivity contribution in [3.8, 4) is 11.5 Å². The maximum absolute atomic E-state index is 11.9. The van der Waals surface area contributed by atoms with Crippen LogP contribution >= 0.6 is 0 Å². The van der Waals surface area contributed by atoms with E-state index in [0.717, 1.165) is 11.3 Å². The van der Waals surface area contributed by atoms with Crippen LogP contribution in [0.25, 0.3) is 11.5 Å². The van der Waals surface area contributed by atoms with Gasteiger partial charge in [-0.2, -0.15) is 4.98 Å². The van der Waals surface area contributed by atoms with Gasteiger partial charge in [-0.3, -0.25) is 4.79 Å². The summed E-state index contributed by atoms with van der Waals surface area (Å²) in [5, 5.41) is 18.7. The molecule has 2 heterocycles. The Morgan fingerprint density at radius 3 is 2.76 bits per heavy atom. The second-order valence-electron chi connectivity index (χ2n) is 5.52. The Bertz CT molecular complexity index is 812. The van der Waals surface area contributed by atoms with E-state index in [1.807, 2.05) is 0 Å². The van der Waals surface area contributed by atoms with E-state index in [-0.39, 0.29) is 18.6 Å². The Balaban J connectivity index is 1.56. The molecule has 0 saturated heterocycles. The average molecular weight is 342 g/mol. The fraction of sp³-hybridized carbons (Fsp3) is 0.235. The maximum atomic E-state index is 11.9. The first-order chi connectivity index (χ1) is 12.2. The number of carbonyl (C=O) groups excluding carboxylic acids is 1. The van der Waals surface area contributed by atoms with Gasteiger partial charge in [-0.15, -0.1) is 0 Å². The number of anilines is 1. The summed E-state index contributed by atoms with van der Waals surface area (Å²) in [6.07, 6.45) is 3.07. The van der Waals surface area contributed by atoms with E-state index >= 15 is 0 Å². The van der Waals surface area contributed by atoms with Gasteiger partial charge in [0.1, 0.15) is 6.26 Å². The minimum Gasteiger partial charge on any atom is -0.472 e. The number of benzene rings is 1. The molecule has 1 unspecified atom stereocenters. The first kappa shape index (κ1) is 16.7. The van der Waals surface area contributed by atoms with Gasteiger partial charge in [0.25, 0.3) is 11.8 Å². The lowest BCUT2D eigenvalue weighted by atomic mass is 10.2. The third-order valence-electron chi connectivity index (χ3n) is 3.49. The number of hydrogen-bond donors (Lipinski definition) is 3. The van der Waals surface area contributed by atoms with Gasteiger partial charge < -0.3 is 24.7 Å². The van der Waals surface area contributed by atoms with Gasteiger partial charge in [-0.05, 0) is 37.3 Å². The van der Waals surface area contributed by atoms with Gasteiger partial charge in [-0.25, -0.2) is 0 Å². The molecule has 1 amide bonds. The Kier molecular flexibility index (Phi) is 5.10. The topological polar surface area (TPSA) is 113 Å². The van der Waals surface area contributed by atoms with Gasteiger partial charge in [0.15, 0.2) is 5.82 Å². The van der Waals surface area contributed by atoms with Crippen molar-refractivity contribution in [1.29, 1.82) is 0 Å². The largest absolute Gasteiger partial charge is 0.472 e. The smallest absolute Gasteiger partial charge is 0.261 e. The number of aliphatic hydroxyl groups is 1. The molecule has 2 aromatic heterocycles. The minimum absolute atomic E-state index is 0.100. The van der Waals surface area contributed by atoms with E-state index < -0.39 is 0 Å². The number of nitrogens with zero attached hydrogens (tertiary/aromatic N) is 2. The second-order valence-corrected chi connectivity index (χ2v) is 5.52. The highest BCUT2D eigenvalue weighted by atomic mass is 16.5. The summed E-state index contributed by atoms with van der Waals surface area (Å²) in [6, 6.07) is 8.44. The lowest BCUT2D eigenvalue weighted by Crippen LogP contribution is -2.34. The number of furan rings is 1. The van der Waals surface area contributed by atoms with E-state index in [9.17, 15) is 4.79 Å². The van der Waals surface area contributed by atoms with Crippen LogP contribution in [0.15, 0.2) is 51.8 Å². The van der Waals surface area contributed by atoms with E-state index in [1.54, 1.807) is 37.3 Å². The Morgan fingerprint density at radius 2 is 2.08 bits per heavy atom. The number of aliphatic hydroxyl groups excluding tert-OH is 1. The number of aromatic nitrogens is 2. The maximum Gasteiger partial charge on any atom is 0.261 e. The van der Waals surface area contributed by atoms with Gasteiger partial charge in [0, 0.05) is 17.3 Å². The number of rotatable bonds is 7. The highest BCUT2D eigenvalue weighted by Gasteiger charge is 2.11. The first-order valence-electron chi connectivity index (χ1n) is 7.76. The molecule has 3 rings (SSSR count). The quantitative estimate of drug-likeness (QED) is 0.602. The third-order valence-corrected chi connectivity index (χ3v) is 3.49. The molecule has 0 bridgehead atoms. The molecule has 0 aliphatic heterocycles. The van der Waals surface area contributed by atoms with Crippen LogP contribution in [-0.2, 0) is 6.54 Å². The van der Waals surface area contributed by atoms with E-state index in [0.29, 0.717) is 23.8 Å². The zero-order valence-electron chi connectivity index (χ0n) is 13.6. The van der Waals surface area contributed by atoms with Crippen LogP contribution < -0.4 is 10.6 Å². The minimum atomic E-state index is -0.284. The molecule has 25 heavy (non-hydrogen) atoms. The predicted molar refractivity (Wildman–Crippen MR) is 89.8 cm³/mol. The van der Waals surface area contributed by atoms with E-state index in [1.165, 1.54) is 12.5 Å². The van der Waals surface area contributed by atoms with Crippen LogP contribution in [0, 0.1) is 0 Å². The highest BCUT2D eigenvalue weighted by molar-refractivity contribution is 5.94. The van der Waals surface area contributed by atoms with E-state index in [4.69, 9.17) is 14.0 Å². The average Bonchev–Trinajstić information content (AvgIpc) is 3.31. The SMILES string of the molecule is CC(CO)NC(=O)c1ccc(NCc2noc(-c3ccoc3)n2)cc1. The van der Waals surface area contributed by atoms with Gasteiger partial charge >= 0.3 is 0 Å². The molecule has 1 atom stereocenters. The van der Waals surface area contributed by atoms with Crippen molar-refractivity contribution in [1.82, 2.24) is 15.5 Å². The molecule has 130 valence electrons. The van der Waals surface area contributed by atoms with Crippen LogP contribution in [0.3, 0.4) is 0 Å². The van der Waals surface area contributed by atoms with Crippen molar-refractivity contribution < 1.29 is 18.8 Å². The molecule has 0 spiro atoms.